The molecule has 2 aromatic rings. The second-order valence-corrected chi connectivity index (χ2v) is 3.78. The number of carbonyl (C=O) groups is 2. The molecule has 2 amide bonds. The van der Waals surface area contributed by atoms with Crippen molar-refractivity contribution in [2.24, 2.45) is 0 Å². The Morgan fingerprint density at radius 3 is 2.16 bits per heavy atom. The number of para-hydroxylation sites is 2. The Morgan fingerprint density at radius 1 is 0.842 bits per heavy atom. The summed E-state index contributed by atoms with van der Waals surface area (Å²) >= 11 is 0. The smallest absolute Gasteiger partial charge is 0.323 e. The van der Waals surface area contributed by atoms with Crippen molar-refractivity contribution >= 4 is 23.4 Å². The van der Waals surface area contributed by atoms with Crippen molar-refractivity contribution in [3.8, 4) is 0 Å². The molecular formula is C14H11N2O3-. The molecule has 0 saturated heterocycles. The Labute approximate surface area is 109 Å². The average Bonchev–Trinajstić information content (AvgIpc) is 2.40. The SMILES string of the molecule is O=C(Nc1ccccc1)Nc1ccccc1C(=O)[O-]. The van der Waals surface area contributed by atoms with Crippen LogP contribution in [0.5, 0.6) is 0 Å². The zero-order valence-corrected chi connectivity index (χ0v) is 9.92. The summed E-state index contributed by atoms with van der Waals surface area (Å²) in [5, 5.41) is 15.9. The van der Waals surface area contributed by atoms with Crippen LogP contribution in [0.1, 0.15) is 10.4 Å². The lowest BCUT2D eigenvalue weighted by atomic mass is 10.2. The van der Waals surface area contributed by atoms with Gasteiger partial charge in [-0.05, 0) is 18.2 Å². The van der Waals surface area contributed by atoms with Gasteiger partial charge in [0.2, 0.25) is 0 Å². The van der Waals surface area contributed by atoms with Gasteiger partial charge in [-0.3, -0.25) is 0 Å². The van der Waals surface area contributed by atoms with Crippen LogP contribution in [-0.2, 0) is 0 Å². The fourth-order valence-electron chi connectivity index (χ4n) is 1.58. The number of urea groups is 1. The van der Waals surface area contributed by atoms with Crippen LogP contribution in [0, 0.1) is 0 Å². The Hall–Kier alpha value is -2.82. The predicted molar refractivity (Wildman–Crippen MR) is 69.9 cm³/mol. The molecule has 0 aliphatic heterocycles. The molecule has 0 fully saturated rings. The van der Waals surface area contributed by atoms with Crippen molar-refractivity contribution in [3.05, 3.63) is 60.2 Å². The zero-order valence-electron chi connectivity index (χ0n) is 9.92. The molecule has 0 heterocycles. The van der Waals surface area contributed by atoms with E-state index in [1.165, 1.54) is 12.1 Å². The van der Waals surface area contributed by atoms with Gasteiger partial charge in [-0.2, -0.15) is 0 Å². The first kappa shape index (κ1) is 12.6. The largest absolute Gasteiger partial charge is 0.545 e. The van der Waals surface area contributed by atoms with Crippen molar-refractivity contribution in [3.63, 3.8) is 0 Å². The molecule has 0 aliphatic carbocycles. The highest BCUT2D eigenvalue weighted by atomic mass is 16.4. The monoisotopic (exact) mass is 255 g/mol. The van der Waals surface area contributed by atoms with Crippen molar-refractivity contribution < 1.29 is 14.7 Å². The van der Waals surface area contributed by atoms with E-state index in [9.17, 15) is 14.7 Å². The highest BCUT2D eigenvalue weighted by Gasteiger charge is 2.06. The van der Waals surface area contributed by atoms with Crippen LogP contribution in [-0.4, -0.2) is 12.0 Å². The molecule has 2 aromatic carbocycles. The number of anilines is 2. The molecule has 0 bridgehead atoms. The van der Waals surface area contributed by atoms with Crippen LogP contribution in [0.2, 0.25) is 0 Å². The van der Waals surface area contributed by atoms with E-state index in [2.05, 4.69) is 10.6 Å². The van der Waals surface area contributed by atoms with Crippen LogP contribution in [0.15, 0.2) is 54.6 Å². The average molecular weight is 255 g/mol. The Balaban J connectivity index is 2.09. The van der Waals surface area contributed by atoms with Gasteiger partial charge in [0.25, 0.3) is 0 Å². The third-order valence-electron chi connectivity index (χ3n) is 2.43. The lowest BCUT2D eigenvalue weighted by Crippen LogP contribution is -2.26. The van der Waals surface area contributed by atoms with Gasteiger partial charge in [-0.15, -0.1) is 0 Å². The van der Waals surface area contributed by atoms with Crippen molar-refractivity contribution in [2.45, 2.75) is 0 Å². The molecule has 0 spiro atoms. The van der Waals surface area contributed by atoms with Gasteiger partial charge < -0.3 is 20.5 Å². The topological polar surface area (TPSA) is 81.3 Å². The van der Waals surface area contributed by atoms with E-state index in [0.717, 1.165) is 0 Å². The van der Waals surface area contributed by atoms with E-state index < -0.39 is 12.0 Å². The van der Waals surface area contributed by atoms with Crippen LogP contribution < -0.4 is 15.7 Å². The summed E-state index contributed by atoms with van der Waals surface area (Å²) in [7, 11) is 0. The first-order valence-electron chi connectivity index (χ1n) is 5.60. The Bertz CT molecular complexity index is 597. The van der Waals surface area contributed by atoms with E-state index in [4.69, 9.17) is 0 Å². The molecule has 5 heteroatoms. The molecule has 0 aromatic heterocycles. The number of hydrogen-bond donors (Lipinski definition) is 2. The van der Waals surface area contributed by atoms with Gasteiger partial charge in [0, 0.05) is 11.3 Å². The predicted octanol–water partition coefficient (Wildman–Crippen LogP) is 1.69. The molecule has 0 saturated carbocycles. The minimum absolute atomic E-state index is 0.0642. The van der Waals surface area contributed by atoms with Crippen LogP contribution in [0.25, 0.3) is 0 Å². The number of rotatable bonds is 3. The second-order valence-electron chi connectivity index (χ2n) is 3.78. The third-order valence-corrected chi connectivity index (χ3v) is 2.43. The summed E-state index contributed by atoms with van der Waals surface area (Å²) < 4.78 is 0. The normalized spacial score (nSPS) is 9.68. The molecule has 2 rings (SSSR count). The van der Waals surface area contributed by atoms with E-state index >= 15 is 0 Å². The highest BCUT2D eigenvalue weighted by Crippen LogP contribution is 2.14. The molecular weight excluding hydrogens is 244 g/mol. The molecule has 0 radical (unpaired) electrons. The molecule has 19 heavy (non-hydrogen) atoms. The number of aromatic carboxylic acids is 1. The standard InChI is InChI=1S/C14H12N2O3/c17-13(18)11-8-4-5-9-12(11)16-14(19)15-10-6-2-1-3-7-10/h1-9H,(H,17,18)(H2,15,16,19)/p-1. The van der Waals surface area contributed by atoms with Gasteiger partial charge in [-0.1, -0.05) is 36.4 Å². The number of carboxylic acid groups (broad SMARTS) is 1. The maximum atomic E-state index is 11.7. The number of amides is 2. The number of hydrogen-bond acceptors (Lipinski definition) is 3. The minimum Gasteiger partial charge on any atom is -0.545 e. The summed E-state index contributed by atoms with van der Waals surface area (Å²) in [6.07, 6.45) is 0. The van der Waals surface area contributed by atoms with Crippen LogP contribution in [0.4, 0.5) is 16.2 Å². The second kappa shape index (κ2) is 5.68. The fourth-order valence-corrected chi connectivity index (χ4v) is 1.58. The summed E-state index contributed by atoms with van der Waals surface area (Å²) in [5.74, 6) is -1.34. The molecule has 2 N–H and O–H groups in total. The first-order chi connectivity index (χ1) is 9.16. The molecule has 0 unspecified atom stereocenters. The lowest BCUT2D eigenvalue weighted by Gasteiger charge is -2.12. The van der Waals surface area contributed by atoms with Crippen LogP contribution in [0.3, 0.4) is 0 Å². The fraction of sp³-hybridized carbons (Fsp3) is 0. The maximum Gasteiger partial charge on any atom is 0.323 e. The van der Waals surface area contributed by atoms with E-state index in [0.29, 0.717) is 5.69 Å². The molecule has 96 valence electrons. The molecule has 0 aliphatic rings. The Kier molecular flexibility index (Phi) is 3.78. The van der Waals surface area contributed by atoms with Gasteiger partial charge in [-0.25, -0.2) is 4.79 Å². The third kappa shape index (κ3) is 3.32. The van der Waals surface area contributed by atoms with Gasteiger partial charge in [0.15, 0.2) is 0 Å². The van der Waals surface area contributed by atoms with Gasteiger partial charge in [0.05, 0.1) is 11.7 Å². The van der Waals surface area contributed by atoms with E-state index in [1.54, 1.807) is 36.4 Å². The summed E-state index contributed by atoms with van der Waals surface area (Å²) in [6.45, 7) is 0. The van der Waals surface area contributed by atoms with Crippen molar-refractivity contribution in [1.29, 1.82) is 0 Å². The quantitative estimate of drug-likeness (QED) is 0.875. The first-order valence-corrected chi connectivity index (χ1v) is 5.60. The molecule has 0 atom stereocenters. The van der Waals surface area contributed by atoms with Crippen molar-refractivity contribution in [2.75, 3.05) is 10.6 Å². The number of nitrogens with one attached hydrogen (secondary N) is 2. The maximum absolute atomic E-state index is 11.7. The van der Waals surface area contributed by atoms with Gasteiger partial charge >= 0.3 is 6.03 Å². The number of benzene rings is 2. The molecule has 5 nitrogen and oxygen atoms in total. The summed E-state index contributed by atoms with van der Waals surface area (Å²) in [6, 6.07) is 14.4. The minimum atomic E-state index is -1.34. The summed E-state index contributed by atoms with van der Waals surface area (Å²) in [4.78, 5) is 22.6. The Morgan fingerprint density at radius 2 is 1.47 bits per heavy atom. The van der Waals surface area contributed by atoms with Crippen LogP contribution >= 0.6 is 0 Å². The lowest BCUT2D eigenvalue weighted by molar-refractivity contribution is -0.254. The highest BCUT2D eigenvalue weighted by molar-refractivity contribution is 6.04. The van der Waals surface area contributed by atoms with E-state index in [1.807, 2.05) is 6.07 Å². The zero-order chi connectivity index (χ0) is 13.7. The van der Waals surface area contributed by atoms with E-state index in [-0.39, 0.29) is 11.3 Å². The van der Waals surface area contributed by atoms with Gasteiger partial charge in [0.1, 0.15) is 0 Å². The van der Waals surface area contributed by atoms with Crippen molar-refractivity contribution in [1.82, 2.24) is 0 Å². The number of carboxylic acids is 1. The number of carbonyl (C=O) groups excluding carboxylic acids is 2. The summed E-state index contributed by atoms with van der Waals surface area (Å²) in [5.41, 5.74) is 0.743.